The molecule has 1 N–H and O–H groups in total. The molecule has 11 heteroatoms. The number of ether oxygens (including phenoxy) is 2. The molecule has 2 fully saturated rings. The van der Waals surface area contributed by atoms with E-state index in [0.29, 0.717) is 45.2 Å². The molecule has 0 atom stereocenters. The Morgan fingerprint density at radius 2 is 1.64 bits per heavy atom. The highest BCUT2D eigenvalue weighted by atomic mass is 32.2. The predicted molar refractivity (Wildman–Crippen MR) is 122 cm³/mol. The van der Waals surface area contributed by atoms with Gasteiger partial charge in [-0.2, -0.15) is 4.31 Å². The van der Waals surface area contributed by atoms with Crippen molar-refractivity contribution >= 4 is 32.7 Å². The Balaban J connectivity index is 1.52. The van der Waals surface area contributed by atoms with E-state index in [1.807, 2.05) is 29.2 Å². The average Bonchev–Trinajstić information content (AvgIpc) is 3.27. The number of fused-ring (bicyclic) bond motifs is 1. The number of rotatable bonds is 5. The maximum Gasteiger partial charge on any atom is 0.272 e. The third-order valence-corrected chi connectivity index (χ3v) is 7.74. The first-order chi connectivity index (χ1) is 16.0. The summed E-state index contributed by atoms with van der Waals surface area (Å²) in [6.07, 6.45) is 1.53. The normalized spacial score (nSPS) is 17.9. The maximum atomic E-state index is 13.4. The number of hydrogen-bond donors (Lipinski definition) is 1. The molecule has 0 radical (unpaired) electrons. The first-order valence-corrected chi connectivity index (χ1v) is 12.3. The lowest BCUT2D eigenvalue weighted by molar-refractivity contribution is 0.0730. The van der Waals surface area contributed by atoms with Crippen LogP contribution >= 0.6 is 0 Å². The van der Waals surface area contributed by atoms with Gasteiger partial charge in [-0.3, -0.25) is 10.2 Å². The number of amides is 1. The van der Waals surface area contributed by atoms with Crippen LogP contribution in [0, 0.1) is 0 Å². The summed E-state index contributed by atoms with van der Waals surface area (Å²) in [6.45, 7) is 3.60. The SMILES string of the molecule is O=C(Nn1cnc2ccccc21)c1cc(S(=O)(=O)N2CCOCC2)ccc1N1CCOCC1. The van der Waals surface area contributed by atoms with E-state index in [1.165, 1.54) is 16.7 Å². The number of morpholine rings is 2. The molecular formula is C22H25N5O5S. The molecule has 2 saturated heterocycles. The van der Waals surface area contributed by atoms with Crippen molar-refractivity contribution in [2.45, 2.75) is 4.90 Å². The number of nitrogens with one attached hydrogen (secondary N) is 1. The quantitative estimate of drug-likeness (QED) is 0.598. The Hall–Kier alpha value is -2.99. The third kappa shape index (κ3) is 4.32. The number of nitrogens with zero attached hydrogens (tertiary/aromatic N) is 4. The molecule has 5 rings (SSSR count). The van der Waals surface area contributed by atoms with Gasteiger partial charge in [-0.05, 0) is 30.3 Å². The van der Waals surface area contributed by atoms with Gasteiger partial charge in [0.2, 0.25) is 10.0 Å². The lowest BCUT2D eigenvalue weighted by Gasteiger charge is -2.31. The minimum Gasteiger partial charge on any atom is -0.379 e. The van der Waals surface area contributed by atoms with Crippen LogP contribution in [0.15, 0.2) is 53.7 Å². The highest BCUT2D eigenvalue weighted by Gasteiger charge is 2.29. The molecule has 0 spiro atoms. The second-order valence-corrected chi connectivity index (χ2v) is 9.78. The van der Waals surface area contributed by atoms with Crippen molar-refractivity contribution in [1.82, 2.24) is 14.0 Å². The van der Waals surface area contributed by atoms with Crippen molar-refractivity contribution in [2.75, 3.05) is 62.9 Å². The topological polar surface area (TPSA) is 106 Å². The lowest BCUT2D eigenvalue weighted by Crippen LogP contribution is -2.41. The molecule has 10 nitrogen and oxygen atoms in total. The molecule has 3 heterocycles. The van der Waals surface area contributed by atoms with E-state index in [9.17, 15) is 13.2 Å². The second-order valence-electron chi connectivity index (χ2n) is 7.84. The van der Waals surface area contributed by atoms with Crippen LogP contribution in [0.2, 0.25) is 0 Å². The van der Waals surface area contributed by atoms with Crippen molar-refractivity contribution in [1.29, 1.82) is 0 Å². The Morgan fingerprint density at radius 3 is 2.39 bits per heavy atom. The van der Waals surface area contributed by atoms with Gasteiger partial charge in [-0.15, -0.1) is 0 Å². The minimum atomic E-state index is -3.75. The monoisotopic (exact) mass is 471 g/mol. The Labute approximate surface area is 191 Å². The summed E-state index contributed by atoms with van der Waals surface area (Å²) >= 11 is 0. The van der Waals surface area contributed by atoms with E-state index in [4.69, 9.17) is 9.47 Å². The predicted octanol–water partition coefficient (Wildman–Crippen LogP) is 1.28. The zero-order valence-corrected chi connectivity index (χ0v) is 18.8. The number of anilines is 1. The first-order valence-electron chi connectivity index (χ1n) is 10.8. The summed E-state index contributed by atoms with van der Waals surface area (Å²) in [5.41, 5.74) is 5.29. The van der Waals surface area contributed by atoms with Gasteiger partial charge < -0.3 is 14.4 Å². The van der Waals surface area contributed by atoms with E-state index < -0.39 is 15.9 Å². The van der Waals surface area contributed by atoms with Crippen LogP contribution in [0.25, 0.3) is 11.0 Å². The minimum absolute atomic E-state index is 0.0852. The van der Waals surface area contributed by atoms with Crippen molar-refractivity contribution in [3.63, 3.8) is 0 Å². The maximum absolute atomic E-state index is 13.4. The second kappa shape index (κ2) is 9.10. The lowest BCUT2D eigenvalue weighted by atomic mass is 10.1. The van der Waals surface area contributed by atoms with E-state index >= 15 is 0 Å². The highest BCUT2D eigenvalue weighted by Crippen LogP contribution is 2.27. The molecule has 2 aromatic carbocycles. The number of carbonyl (C=O) groups excluding carboxylic acids is 1. The Bertz CT molecular complexity index is 1260. The van der Waals surface area contributed by atoms with Crippen LogP contribution in [-0.4, -0.2) is 80.9 Å². The summed E-state index contributed by atoms with van der Waals surface area (Å²) in [5.74, 6) is -0.418. The molecule has 0 saturated carbocycles. The summed E-state index contributed by atoms with van der Waals surface area (Å²) in [6, 6.07) is 12.2. The van der Waals surface area contributed by atoms with Crippen LogP contribution in [0.5, 0.6) is 0 Å². The van der Waals surface area contributed by atoms with Crippen molar-refractivity contribution in [3.8, 4) is 0 Å². The number of hydrogen-bond acceptors (Lipinski definition) is 7. The van der Waals surface area contributed by atoms with E-state index in [-0.39, 0.29) is 23.5 Å². The standard InChI is InChI=1S/C22H25N5O5S/c28-22(24-27-16-23-19-3-1-2-4-21(19)27)18-15-17(33(29,30)26-9-13-32-14-10-26)5-6-20(18)25-7-11-31-12-8-25/h1-6,15-16H,7-14H2,(H,24,28). The smallest absolute Gasteiger partial charge is 0.272 e. The number of benzene rings is 2. The van der Waals surface area contributed by atoms with Gasteiger partial charge in [0.25, 0.3) is 5.91 Å². The summed E-state index contributed by atoms with van der Waals surface area (Å²) in [5, 5.41) is 0. The highest BCUT2D eigenvalue weighted by molar-refractivity contribution is 7.89. The fourth-order valence-electron chi connectivity index (χ4n) is 4.09. The van der Waals surface area contributed by atoms with Crippen molar-refractivity contribution < 1.29 is 22.7 Å². The molecule has 1 amide bonds. The number of aromatic nitrogens is 2. The molecule has 1 aromatic heterocycles. The summed E-state index contributed by atoms with van der Waals surface area (Å²) in [4.78, 5) is 19.9. The van der Waals surface area contributed by atoms with Crippen molar-refractivity contribution in [2.24, 2.45) is 0 Å². The fourth-order valence-corrected chi connectivity index (χ4v) is 5.53. The van der Waals surface area contributed by atoms with Crippen LogP contribution in [0.1, 0.15) is 10.4 Å². The van der Waals surface area contributed by atoms with Gasteiger partial charge in [0, 0.05) is 31.9 Å². The number of para-hydroxylation sites is 2. The van der Waals surface area contributed by atoms with E-state index in [0.717, 1.165) is 11.0 Å². The van der Waals surface area contributed by atoms with E-state index in [1.54, 1.807) is 16.8 Å². The Kier molecular flexibility index (Phi) is 6.02. The largest absolute Gasteiger partial charge is 0.379 e. The van der Waals surface area contributed by atoms with Gasteiger partial charge in [0.15, 0.2) is 0 Å². The van der Waals surface area contributed by atoms with Crippen LogP contribution in [-0.2, 0) is 19.5 Å². The molecule has 33 heavy (non-hydrogen) atoms. The molecule has 2 aliphatic rings. The number of sulfonamides is 1. The zero-order valence-electron chi connectivity index (χ0n) is 18.0. The summed E-state index contributed by atoms with van der Waals surface area (Å²) < 4.78 is 40.1. The van der Waals surface area contributed by atoms with E-state index in [2.05, 4.69) is 10.4 Å². The van der Waals surface area contributed by atoms with Gasteiger partial charge in [0.1, 0.15) is 6.33 Å². The molecule has 0 aliphatic carbocycles. The molecular weight excluding hydrogens is 446 g/mol. The van der Waals surface area contributed by atoms with Gasteiger partial charge in [-0.1, -0.05) is 12.1 Å². The third-order valence-electron chi connectivity index (χ3n) is 5.85. The number of carbonyl (C=O) groups is 1. The zero-order chi connectivity index (χ0) is 22.8. The molecule has 0 unspecified atom stereocenters. The van der Waals surface area contributed by atoms with Crippen LogP contribution in [0.3, 0.4) is 0 Å². The van der Waals surface area contributed by atoms with Crippen molar-refractivity contribution in [3.05, 3.63) is 54.4 Å². The first kappa shape index (κ1) is 21.8. The van der Waals surface area contributed by atoms with Gasteiger partial charge in [-0.25, -0.2) is 18.1 Å². The summed E-state index contributed by atoms with van der Waals surface area (Å²) in [7, 11) is -3.75. The molecule has 2 aliphatic heterocycles. The average molecular weight is 472 g/mol. The Morgan fingerprint density at radius 1 is 0.939 bits per heavy atom. The fraction of sp³-hybridized carbons (Fsp3) is 0.364. The molecule has 0 bridgehead atoms. The molecule has 3 aromatic rings. The molecule has 174 valence electrons. The van der Waals surface area contributed by atoms with Crippen LogP contribution < -0.4 is 10.3 Å². The van der Waals surface area contributed by atoms with Gasteiger partial charge in [0.05, 0.1) is 47.9 Å². The number of imidazole rings is 1. The van der Waals surface area contributed by atoms with Gasteiger partial charge >= 0.3 is 0 Å². The van der Waals surface area contributed by atoms with Crippen LogP contribution in [0.4, 0.5) is 5.69 Å².